The SMILES string of the molecule is CC1CCN(c2ccccc2C(=O)c2ccc(Cl)cc2)CC1. The van der Waals surface area contributed by atoms with Crippen LogP contribution in [-0.2, 0) is 0 Å². The summed E-state index contributed by atoms with van der Waals surface area (Å²) in [5.41, 5.74) is 2.51. The number of carbonyl (C=O) groups excluding carboxylic acids is 1. The van der Waals surface area contributed by atoms with E-state index >= 15 is 0 Å². The number of ketones is 1. The molecule has 3 rings (SSSR count). The van der Waals surface area contributed by atoms with Gasteiger partial charge in [-0.3, -0.25) is 4.79 Å². The third kappa shape index (κ3) is 3.17. The number of piperidine rings is 1. The van der Waals surface area contributed by atoms with Crippen LogP contribution in [0, 0.1) is 5.92 Å². The van der Waals surface area contributed by atoms with Crippen LogP contribution in [0.25, 0.3) is 0 Å². The Kier molecular flexibility index (Phi) is 4.49. The second-order valence-corrected chi connectivity index (χ2v) is 6.46. The molecule has 0 atom stereocenters. The number of rotatable bonds is 3. The van der Waals surface area contributed by atoms with Crippen LogP contribution in [0.4, 0.5) is 5.69 Å². The van der Waals surface area contributed by atoms with E-state index in [1.54, 1.807) is 24.3 Å². The van der Waals surface area contributed by atoms with Gasteiger partial charge in [0.25, 0.3) is 0 Å². The van der Waals surface area contributed by atoms with E-state index in [1.807, 2.05) is 18.2 Å². The number of carbonyl (C=O) groups is 1. The predicted octanol–water partition coefficient (Wildman–Crippen LogP) is 4.81. The molecule has 1 heterocycles. The second-order valence-electron chi connectivity index (χ2n) is 6.02. The summed E-state index contributed by atoms with van der Waals surface area (Å²) in [5, 5.41) is 0.648. The molecule has 1 aliphatic rings. The molecule has 0 bridgehead atoms. The molecule has 0 aliphatic carbocycles. The van der Waals surface area contributed by atoms with Crippen molar-refractivity contribution >= 4 is 23.1 Å². The lowest BCUT2D eigenvalue weighted by Gasteiger charge is -2.33. The number of hydrogen-bond donors (Lipinski definition) is 0. The molecule has 0 radical (unpaired) electrons. The first-order chi connectivity index (χ1) is 10.6. The molecule has 0 saturated carbocycles. The first kappa shape index (κ1) is 15.1. The van der Waals surface area contributed by atoms with E-state index < -0.39 is 0 Å². The van der Waals surface area contributed by atoms with E-state index in [0.717, 1.165) is 30.3 Å². The Labute approximate surface area is 136 Å². The molecule has 0 spiro atoms. The van der Waals surface area contributed by atoms with Gasteiger partial charge in [-0.25, -0.2) is 0 Å². The van der Waals surface area contributed by atoms with Gasteiger partial charge in [-0.1, -0.05) is 30.7 Å². The van der Waals surface area contributed by atoms with Gasteiger partial charge in [-0.05, 0) is 55.2 Å². The first-order valence-corrected chi connectivity index (χ1v) is 8.17. The van der Waals surface area contributed by atoms with Gasteiger partial charge in [0, 0.05) is 34.9 Å². The molecule has 1 fully saturated rings. The van der Waals surface area contributed by atoms with Gasteiger partial charge in [-0.15, -0.1) is 0 Å². The Balaban J connectivity index is 1.90. The predicted molar refractivity (Wildman–Crippen MR) is 91.9 cm³/mol. The van der Waals surface area contributed by atoms with Crippen molar-refractivity contribution in [2.24, 2.45) is 5.92 Å². The lowest BCUT2D eigenvalue weighted by molar-refractivity contribution is 0.103. The maximum absolute atomic E-state index is 12.8. The summed E-state index contributed by atoms with van der Waals surface area (Å²) < 4.78 is 0. The van der Waals surface area contributed by atoms with E-state index in [0.29, 0.717) is 10.6 Å². The highest BCUT2D eigenvalue weighted by Crippen LogP contribution is 2.28. The summed E-state index contributed by atoms with van der Waals surface area (Å²) in [5.74, 6) is 0.835. The fourth-order valence-electron chi connectivity index (χ4n) is 2.95. The Morgan fingerprint density at radius 1 is 1.05 bits per heavy atom. The lowest BCUT2D eigenvalue weighted by atomic mass is 9.96. The minimum absolute atomic E-state index is 0.0610. The molecular weight excluding hydrogens is 294 g/mol. The van der Waals surface area contributed by atoms with Crippen LogP contribution >= 0.6 is 11.6 Å². The van der Waals surface area contributed by atoms with Crippen LogP contribution in [0.2, 0.25) is 5.02 Å². The summed E-state index contributed by atoms with van der Waals surface area (Å²) in [4.78, 5) is 15.2. The highest BCUT2D eigenvalue weighted by atomic mass is 35.5. The minimum atomic E-state index is 0.0610. The molecule has 0 aromatic heterocycles. The van der Waals surface area contributed by atoms with E-state index in [1.165, 1.54) is 12.8 Å². The quantitative estimate of drug-likeness (QED) is 0.758. The number of benzene rings is 2. The average molecular weight is 314 g/mol. The Bertz CT molecular complexity index is 657. The summed E-state index contributed by atoms with van der Waals surface area (Å²) in [6.07, 6.45) is 2.37. The largest absolute Gasteiger partial charge is 0.371 e. The van der Waals surface area contributed by atoms with Gasteiger partial charge in [-0.2, -0.15) is 0 Å². The average Bonchev–Trinajstić information content (AvgIpc) is 2.56. The molecule has 0 unspecified atom stereocenters. The van der Waals surface area contributed by atoms with Crippen molar-refractivity contribution in [2.75, 3.05) is 18.0 Å². The van der Waals surface area contributed by atoms with Gasteiger partial charge in [0.2, 0.25) is 0 Å². The number of nitrogens with zero attached hydrogens (tertiary/aromatic N) is 1. The number of para-hydroxylation sites is 1. The molecule has 22 heavy (non-hydrogen) atoms. The van der Waals surface area contributed by atoms with Crippen molar-refractivity contribution in [3.05, 3.63) is 64.7 Å². The molecule has 2 nitrogen and oxygen atoms in total. The third-order valence-corrected chi connectivity index (χ3v) is 4.63. The van der Waals surface area contributed by atoms with E-state index in [-0.39, 0.29) is 5.78 Å². The van der Waals surface area contributed by atoms with Crippen molar-refractivity contribution in [2.45, 2.75) is 19.8 Å². The summed E-state index contributed by atoms with van der Waals surface area (Å²) >= 11 is 5.91. The van der Waals surface area contributed by atoms with Crippen molar-refractivity contribution < 1.29 is 4.79 Å². The van der Waals surface area contributed by atoms with Crippen molar-refractivity contribution in [1.82, 2.24) is 0 Å². The topological polar surface area (TPSA) is 20.3 Å². The van der Waals surface area contributed by atoms with E-state index in [2.05, 4.69) is 17.9 Å². The number of halogens is 1. The van der Waals surface area contributed by atoms with E-state index in [4.69, 9.17) is 11.6 Å². The molecular formula is C19H20ClNO. The van der Waals surface area contributed by atoms with Gasteiger partial charge >= 0.3 is 0 Å². The molecule has 2 aromatic rings. The second kappa shape index (κ2) is 6.53. The zero-order valence-corrected chi connectivity index (χ0v) is 13.5. The van der Waals surface area contributed by atoms with Crippen LogP contribution in [0.15, 0.2) is 48.5 Å². The maximum Gasteiger partial charge on any atom is 0.195 e. The zero-order chi connectivity index (χ0) is 15.5. The summed E-state index contributed by atoms with van der Waals surface area (Å²) in [7, 11) is 0. The summed E-state index contributed by atoms with van der Waals surface area (Å²) in [6, 6.07) is 15.0. The molecule has 1 saturated heterocycles. The highest BCUT2D eigenvalue weighted by Gasteiger charge is 2.21. The van der Waals surface area contributed by atoms with Crippen molar-refractivity contribution in [3.8, 4) is 0 Å². The molecule has 1 aliphatic heterocycles. The normalized spacial score (nSPS) is 15.8. The minimum Gasteiger partial charge on any atom is -0.371 e. The molecule has 2 aromatic carbocycles. The van der Waals surface area contributed by atoms with Crippen molar-refractivity contribution in [3.63, 3.8) is 0 Å². The standard InChI is InChI=1S/C19H20ClNO/c1-14-10-12-21(13-11-14)18-5-3-2-4-17(18)19(22)15-6-8-16(20)9-7-15/h2-9,14H,10-13H2,1H3. The Morgan fingerprint density at radius 3 is 2.36 bits per heavy atom. The molecule has 3 heteroatoms. The van der Waals surface area contributed by atoms with Gasteiger partial charge < -0.3 is 4.90 Å². The number of hydrogen-bond acceptors (Lipinski definition) is 2. The van der Waals surface area contributed by atoms with Crippen LogP contribution < -0.4 is 4.90 Å². The maximum atomic E-state index is 12.8. The van der Waals surface area contributed by atoms with Crippen LogP contribution in [0.5, 0.6) is 0 Å². The van der Waals surface area contributed by atoms with Gasteiger partial charge in [0.05, 0.1) is 0 Å². The van der Waals surface area contributed by atoms with Crippen LogP contribution in [0.1, 0.15) is 35.7 Å². The van der Waals surface area contributed by atoms with Gasteiger partial charge in [0.1, 0.15) is 0 Å². The van der Waals surface area contributed by atoms with Crippen LogP contribution in [0.3, 0.4) is 0 Å². The van der Waals surface area contributed by atoms with Crippen molar-refractivity contribution in [1.29, 1.82) is 0 Å². The monoisotopic (exact) mass is 313 g/mol. The smallest absolute Gasteiger partial charge is 0.195 e. The van der Waals surface area contributed by atoms with Gasteiger partial charge in [0.15, 0.2) is 5.78 Å². The fourth-order valence-corrected chi connectivity index (χ4v) is 3.07. The Morgan fingerprint density at radius 2 is 1.68 bits per heavy atom. The Hall–Kier alpha value is -1.80. The summed E-state index contributed by atoms with van der Waals surface area (Å²) in [6.45, 7) is 4.33. The van der Waals surface area contributed by atoms with Crippen LogP contribution in [-0.4, -0.2) is 18.9 Å². The zero-order valence-electron chi connectivity index (χ0n) is 12.8. The molecule has 0 amide bonds. The number of anilines is 1. The lowest BCUT2D eigenvalue weighted by Crippen LogP contribution is -2.33. The van der Waals surface area contributed by atoms with E-state index in [9.17, 15) is 4.79 Å². The fraction of sp³-hybridized carbons (Fsp3) is 0.316. The highest BCUT2D eigenvalue weighted by molar-refractivity contribution is 6.30. The molecule has 114 valence electrons. The first-order valence-electron chi connectivity index (χ1n) is 7.79. The third-order valence-electron chi connectivity index (χ3n) is 4.38. The molecule has 0 N–H and O–H groups in total.